The summed E-state index contributed by atoms with van der Waals surface area (Å²) in [6.07, 6.45) is 0.216. The van der Waals surface area contributed by atoms with Crippen molar-refractivity contribution in [2.75, 3.05) is 19.9 Å². The van der Waals surface area contributed by atoms with Gasteiger partial charge < -0.3 is 25.8 Å². The number of nitrogens with zero attached hydrogens (tertiary/aromatic N) is 1. The van der Waals surface area contributed by atoms with Crippen molar-refractivity contribution in [1.82, 2.24) is 15.5 Å². The van der Waals surface area contributed by atoms with Gasteiger partial charge in [-0.1, -0.05) is 6.07 Å². The quantitative estimate of drug-likeness (QED) is 0.547. The van der Waals surface area contributed by atoms with E-state index in [1.807, 2.05) is 0 Å². The summed E-state index contributed by atoms with van der Waals surface area (Å²) in [5.41, 5.74) is 4.51. The van der Waals surface area contributed by atoms with E-state index < -0.39 is 35.8 Å². The van der Waals surface area contributed by atoms with E-state index in [9.17, 15) is 19.2 Å². The molecule has 1 fully saturated rings. The molecule has 4 N–H and O–H groups in total. The number of nitrogens with two attached hydrogens (primary N) is 1. The van der Waals surface area contributed by atoms with E-state index in [2.05, 4.69) is 10.6 Å². The minimum absolute atomic E-state index is 0.139. The number of urea groups is 1. The Hall–Kier alpha value is -3.30. The first-order chi connectivity index (χ1) is 12.3. The van der Waals surface area contributed by atoms with Crippen LogP contribution in [0, 0.1) is 0 Å². The highest BCUT2D eigenvalue weighted by Gasteiger charge is 2.48. The van der Waals surface area contributed by atoms with Gasteiger partial charge in [-0.25, -0.2) is 4.79 Å². The predicted molar refractivity (Wildman–Crippen MR) is 87.1 cm³/mol. The van der Waals surface area contributed by atoms with Crippen molar-refractivity contribution < 1.29 is 28.7 Å². The summed E-state index contributed by atoms with van der Waals surface area (Å²) in [5, 5.41) is 4.85. The van der Waals surface area contributed by atoms with Crippen LogP contribution in [0.25, 0.3) is 0 Å². The molecule has 0 saturated carbocycles. The Kier molecular flexibility index (Phi) is 4.41. The smallest absolute Gasteiger partial charge is 0.325 e. The van der Waals surface area contributed by atoms with Gasteiger partial charge in [0, 0.05) is 6.42 Å². The van der Waals surface area contributed by atoms with Crippen LogP contribution >= 0.6 is 0 Å². The SMILES string of the molecule is C[C@]1(Cc2ccc3c(c2)OCO3)NC(=O)N(CC(=O)NCC(N)=O)C1=O. The lowest BCUT2D eigenvalue weighted by Gasteiger charge is -2.21. The number of primary amides is 1. The zero-order valence-corrected chi connectivity index (χ0v) is 14.0. The maximum absolute atomic E-state index is 12.7. The molecule has 10 heteroatoms. The minimum atomic E-state index is -1.20. The van der Waals surface area contributed by atoms with Gasteiger partial charge in [0.15, 0.2) is 11.5 Å². The molecule has 1 aromatic carbocycles. The maximum Gasteiger partial charge on any atom is 0.325 e. The monoisotopic (exact) mass is 362 g/mol. The molecule has 0 aromatic heterocycles. The van der Waals surface area contributed by atoms with Crippen LogP contribution < -0.4 is 25.8 Å². The number of amides is 5. The Balaban J connectivity index is 1.68. The molecule has 26 heavy (non-hydrogen) atoms. The molecule has 1 saturated heterocycles. The van der Waals surface area contributed by atoms with E-state index in [-0.39, 0.29) is 19.8 Å². The Labute approximate surface area is 148 Å². The van der Waals surface area contributed by atoms with Crippen LogP contribution in [0.1, 0.15) is 12.5 Å². The lowest BCUT2D eigenvalue weighted by atomic mass is 9.92. The van der Waals surface area contributed by atoms with Crippen molar-refractivity contribution >= 4 is 23.8 Å². The van der Waals surface area contributed by atoms with Crippen LogP contribution in [-0.4, -0.2) is 54.1 Å². The molecule has 0 unspecified atom stereocenters. The zero-order chi connectivity index (χ0) is 18.9. The van der Waals surface area contributed by atoms with Gasteiger partial charge in [-0.2, -0.15) is 0 Å². The molecule has 2 aliphatic heterocycles. The van der Waals surface area contributed by atoms with Crippen molar-refractivity contribution in [3.63, 3.8) is 0 Å². The molecule has 0 radical (unpaired) electrons. The van der Waals surface area contributed by atoms with Gasteiger partial charge in [-0.05, 0) is 24.6 Å². The summed E-state index contributed by atoms with van der Waals surface area (Å²) in [6.45, 7) is 0.866. The zero-order valence-electron chi connectivity index (χ0n) is 14.0. The van der Waals surface area contributed by atoms with Gasteiger partial charge in [0.25, 0.3) is 5.91 Å². The highest BCUT2D eigenvalue weighted by molar-refractivity contribution is 6.09. The van der Waals surface area contributed by atoms with E-state index in [0.29, 0.717) is 11.5 Å². The topological polar surface area (TPSA) is 140 Å². The summed E-state index contributed by atoms with van der Waals surface area (Å²) >= 11 is 0. The third kappa shape index (κ3) is 3.39. The van der Waals surface area contributed by atoms with Crippen molar-refractivity contribution in [2.24, 2.45) is 5.73 Å². The van der Waals surface area contributed by atoms with Gasteiger partial charge in [0.1, 0.15) is 12.1 Å². The van der Waals surface area contributed by atoms with E-state index in [1.54, 1.807) is 25.1 Å². The van der Waals surface area contributed by atoms with Gasteiger partial charge in [-0.15, -0.1) is 0 Å². The highest BCUT2D eigenvalue weighted by Crippen LogP contribution is 2.34. The average molecular weight is 362 g/mol. The van der Waals surface area contributed by atoms with E-state index in [1.165, 1.54) is 0 Å². The maximum atomic E-state index is 12.7. The van der Waals surface area contributed by atoms with Crippen LogP contribution in [0.3, 0.4) is 0 Å². The molecule has 2 heterocycles. The molecular weight excluding hydrogens is 344 g/mol. The standard InChI is InChI=1S/C16H18N4O6/c1-16(5-9-2-3-10-11(4-9)26-8-25-10)14(23)20(15(24)19-16)7-13(22)18-6-12(17)21/h2-4H,5-8H2,1H3,(H2,17,21)(H,18,22)(H,19,24)/t16-/m1/s1. The number of ether oxygens (including phenoxy) is 2. The van der Waals surface area contributed by atoms with Crippen molar-refractivity contribution in [3.8, 4) is 11.5 Å². The van der Waals surface area contributed by atoms with Gasteiger partial charge in [0.2, 0.25) is 18.6 Å². The summed E-state index contributed by atoms with van der Waals surface area (Å²) in [5.74, 6) is -0.712. The summed E-state index contributed by atoms with van der Waals surface area (Å²) in [7, 11) is 0. The van der Waals surface area contributed by atoms with E-state index in [0.717, 1.165) is 10.5 Å². The first kappa shape index (κ1) is 17.5. The molecule has 5 amide bonds. The van der Waals surface area contributed by atoms with E-state index >= 15 is 0 Å². The molecule has 1 aromatic rings. The number of rotatable bonds is 6. The number of nitrogens with one attached hydrogen (secondary N) is 2. The van der Waals surface area contributed by atoms with Crippen LogP contribution in [0.2, 0.25) is 0 Å². The second-order valence-corrected chi connectivity index (χ2v) is 6.26. The second kappa shape index (κ2) is 6.54. The van der Waals surface area contributed by atoms with Crippen LogP contribution in [0.15, 0.2) is 18.2 Å². The highest BCUT2D eigenvalue weighted by atomic mass is 16.7. The Morgan fingerprint density at radius 1 is 1.31 bits per heavy atom. The molecule has 0 bridgehead atoms. The fourth-order valence-electron chi connectivity index (χ4n) is 2.85. The molecule has 0 aliphatic carbocycles. The summed E-state index contributed by atoms with van der Waals surface area (Å²) in [4.78, 5) is 48.1. The fraction of sp³-hybridized carbons (Fsp3) is 0.375. The summed E-state index contributed by atoms with van der Waals surface area (Å²) < 4.78 is 10.6. The molecular formula is C16H18N4O6. The largest absolute Gasteiger partial charge is 0.454 e. The molecule has 0 spiro atoms. The number of carbonyl (C=O) groups is 4. The number of hydrogen-bond acceptors (Lipinski definition) is 6. The Bertz CT molecular complexity index is 795. The van der Waals surface area contributed by atoms with Crippen molar-refractivity contribution in [1.29, 1.82) is 0 Å². The number of fused-ring (bicyclic) bond motifs is 1. The number of benzene rings is 1. The number of hydrogen-bond donors (Lipinski definition) is 3. The first-order valence-electron chi connectivity index (χ1n) is 7.86. The number of carbonyl (C=O) groups excluding carboxylic acids is 4. The molecule has 1 atom stereocenters. The Morgan fingerprint density at radius 3 is 2.77 bits per heavy atom. The van der Waals surface area contributed by atoms with Gasteiger partial charge >= 0.3 is 6.03 Å². The minimum Gasteiger partial charge on any atom is -0.454 e. The van der Waals surface area contributed by atoms with Crippen molar-refractivity contribution in [2.45, 2.75) is 18.9 Å². The first-order valence-corrected chi connectivity index (χ1v) is 7.86. The van der Waals surface area contributed by atoms with Crippen LogP contribution in [-0.2, 0) is 20.8 Å². The third-order valence-electron chi connectivity index (χ3n) is 4.10. The fourth-order valence-corrected chi connectivity index (χ4v) is 2.85. The lowest BCUT2D eigenvalue weighted by Crippen LogP contribution is -2.47. The van der Waals surface area contributed by atoms with Crippen molar-refractivity contribution in [3.05, 3.63) is 23.8 Å². The normalized spacial score (nSPS) is 20.9. The lowest BCUT2D eigenvalue weighted by molar-refractivity contribution is -0.134. The van der Waals surface area contributed by atoms with Crippen LogP contribution in [0.5, 0.6) is 11.5 Å². The molecule has 3 rings (SSSR count). The predicted octanol–water partition coefficient (Wildman–Crippen LogP) is -1.13. The van der Waals surface area contributed by atoms with Gasteiger partial charge in [0.05, 0.1) is 6.54 Å². The van der Waals surface area contributed by atoms with Crippen LogP contribution in [0.4, 0.5) is 4.79 Å². The molecule has 10 nitrogen and oxygen atoms in total. The molecule has 138 valence electrons. The summed E-state index contributed by atoms with van der Waals surface area (Å²) in [6, 6.07) is 4.58. The van der Waals surface area contributed by atoms with Gasteiger partial charge in [-0.3, -0.25) is 19.3 Å². The number of imide groups is 1. The second-order valence-electron chi connectivity index (χ2n) is 6.26. The van der Waals surface area contributed by atoms with E-state index in [4.69, 9.17) is 15.2 Å². The third-order valence-corrected chi connectivity index (χ3v) is 4.10. The molecule has 2 aliphatic rings. The Morgan fingerprint density at radius 2 is 2.04 bits per heavy atom. The average Bonchev–Trinajstić information content (AvgIpc) is 3.11.